The first-order valence-electron chi connectivity index (χ1n) is 8.08. The molecule has 3 heterocycles. The number of hydrogen-bond donors (Lipinski definition) is 0. The average Bonchev–Trinajstić information content (AvgIpc) is 3.33. The summed E-state index contributed by atoms with van der Waals surface area (Å²) in [6.07, 6.45) is 2.00. The molecule has 1 aliphatic heterocycles. The van der Waals surface area contributed by atoms with Crippen LogP contribution in [0.15, 0.2) is 47.1 Å². The van der Waals surface area contributed by atoms with E-state index in [0.717, 1.165) is 0 Å². The second-order valence-electron chi connectivity index (χ2n) is 6.07. The van der Waals surface area contributed by atoms with Crippen molar-refractivity contribution >= 4 is 9.84 Å². The van der Waals surface area contributed by atoms with Gasteiger partial charge < -0.3 is 9.15 Å². The van der Waals surface area contributed by atoms with Gasteiger partial charge in [-0.3, -0.25) is 0 Å². The summed E-state index contributed by atoms with van der Waals surface area (Å²) in [7, 11) is -3.07. The number of rotatable bonds is 5. The molecule has 1 unspecified atom stereocenters. The predicted octanol–water partition coefficient (Wildman–Crippen LogP) is 2.62. The molecular weight excluding hydrogens is 361 g/mol. The van der Waals surface area contributed by atoms with Gasteiger partial charge in [-0.15, -0.1) is 5.10 Å². The molecule has 4 rings (SSSR count). The van der Waals surface area contributed by atoms with E-state index in [1.165, 1.54) is 30.5 Å². The SMILES string of the molecule is O=S1(=O)CCC(n2nc(-c3ccco3)nc2COc2ccc(F)cc2)C1. The summed E-state index contributed by atoms with van der Waals surface area (Å²) in [6, 6.07) is 8.81. The number of furan rings is 1. The van der Waals surface area contributed by atoms with Crippen LogP contribution in [0.3, 0.4) is 0 Å². The third-order valence-corrected chi connectivity index (χ3v) is 5.93. The summed E-state index contributed by atoms with van der Waals surface area (Å²) in [5.41, 5.74) is 0. The van der Waals surface area contributed by atoms with Gasteiger partial charge in [0.25, 0.3) is 0 Å². The van der Waals surface area contributed by atoms with Gasteiger partial charge in [0, 0.05) is 0 Å². The molecule has 1 aliphatic rings. The highest BCUT2D eigenvalue weighted by atomic mass is 32.2. The topological polar surface area (TPSA) is 87.2 Å². The quantitative estimate of drug-likeness (QED) is 0.679. The first kappa shape index (κ1) is 16.8. The van der Waals surface area contributed by atoms with Crippen molar-refractivity contribution in [2.75, 3.05) is 11.5 Å². The van der Waals surface area contributed by atoms with Crippen molar-refractivity contribution < 1.29 is 22.0 Å². The average molecular weight is 377 g/mol. The minimum atomic E-state index is -3.07. The maximum absolute atomic E-state index is 13.0. The highest BCUT2D eigenvalue weighted by Crippen LogP contribution is 2.27. The smallest absolute Gasteiger partial charge is 0.217 e. The monoisotopic (exact) mass is 377 g/mol. The lowest BCUT2D eigenvalue weighted by atomic mass is 10.3. The van der Waals surface area contributed by atoms with Crippen LogP contribution >= 0.6 is 0 Å². The van der Waals surface area contributed by atoms with Crippen LogP contribution in [0.2, 0.25) is 0 Å². The van der Waals surface area contributed by atoms with Gasteiger partial charge in [-0.1, -0.05) is 0 Å². The summed E-state index contributed by atoms with van der Waals surface area (Å²) in [6.45, 7) is 0.0793. The van der Waals surface area contributed by atoms with Crippen molar-refractivity contribution in [2.45, 2.75) is 19.1 Å². The Bertz CT molecular complexity index is 997. The number of nitrogens with zero attached hydrogens (tertiary/aromatic N) is 3. The van der Waals surface area contributed by atoms with E-state index in [1.54, 1.807) is 16.8 Å². The van der Waals surface area contributed by atoms with Gasteiger partial charge in [-0.05, 0) is 42.8 Å². The third kappa shape index (κ3) is 3.48. The molecule has 0 bridgehead atoms. The zero-order chi connectivity index (χ0) is 18.1. The van der Waals surface area contributed by atoms with Crippen LogP contribution in [0.1, 0.15) is 18.3 Å². The molecule has 0 saturated carbocycles. The van der Waals surface area contributed by atoms with Gasteiger partial charge in [-0.25, -0.2) is 22.5 Å². The molecule has 0 spiro atoms. The third-order valence-electron chi connectivity index (χ3n) is 4.18. The number of benzene rings is 1. The van der Waals surface area contributed by atoms with E-state index in [0.29, 0.717) is 29.6 Å². The van der Waals surface area contributed by atoms with Crippen LogP contribution in [0.4, 0.5) is 4.39 Å². The molecule has 0 amide bonds. The zero-order valence-electron chi connectivity index (χ0n) is 13.7. The number of ether oxygens (including phenoxy) is 1. The number of aromatic nitrogens is 3. The molecule has 0 radical (unpaired) electrons. The fraction of sp³-hybridized carbons (Fsp3) is 0.294. The highest BCUT2D eigenvalue weighted by molar-refractivity contribution is 7.91. The van der Waals surface area contributed by atoms with E-state index in [9.17, 15) is 12.8 Å². The first-order chi connectivity index (χ1) is 12.5. The standard InChI is InChI=1S/C17H16FN3O4S/c18-12-3-5-14(6-4-12)25-10-16-19-17(15-2-1-8-24-15)20-21(16)13-7-9-26(22,23)11-13/h1-6,8,13H,7,9-11H2. The summed E-state index contributed by atoms with van der Waals surface area (Å²) in [5, 5.41) is 4.43. The molecule has 7 nitrogen and oxygen atoms in total. The van der Waals surface area contributed by atoms with Crippen molar-refractivity contribution in [3.8, 4) is 17.3 Å². The van der Waals surface area contributed by atoms with E-state index in [2.05, 4.69) is 10.1 Å². The largest absolute Gasteiger partial charge is 0.486 e. The Labute approximate surface area is 149 Å². The van der Waals surface area contributed by atoms with E-state index in [1.807, 2.05) is 0 Å². The molecule has 1 fully saturated rings. The molecule has 2 aromatic heterocycles. The summed E-state index contributed by atoms with van der Waals surface area (Å²) in [5.74, 6) is 1.65. The molecule has 0 N–H and O–H groups in total. The van der Waals surface area contributed by atoms with E-state index < -0.39 is 9.84 Å². The number of hydrogen-bond acceptors (Lipinski definition) is 6. The molecule has 26 heavy (non-hydrogen) atoms. The molecule has 1 aromatic carbocycles. The van der Waals surface area contributed by atoms with E-state index in [4.69, 9.17) is 9.15 Å². The normalized spacial score (nSPS) is 18.9. The highest BCUT2D eigenvalue weighted by Gasteiger charge is 2.32. The molecule has 1 saturated heterocycles. The number of sulfone groups is 1. The fourth-order valence-corrected chi connectivity index (χ4v) is 4.60. The minimum Gasteiger partial charge on any atom is -0.486 e. The Morgan fingerprint density at radius 1 is 1.27 bits per heavy atom. The van der Waals surface area contributed by atoms with Crippen LogP contribution in [0.25, 0.3) is 11.6 Å². The van der Waals surface area contributed by atoms with Crippen LogP contribution in [0, 0.1) is 5.82 Å². The predicted molar refractivity (Wildman–Crippen MR) is 90.8 cm³/mol. The molecule has 9 heteroatoms. The number of halogens is 1. The Kier molecular flexibility index (Phi) is 4.23. The Morgan fingerprint density at radius 2 is 2.08 bits per heavy atom. The molecule has 3 aromatic rings. The molecule has 0 aliphatic carbocycles. The molecule has 1 atom stereocenters. The summed E-state index contributed by atoms with van der Waals surface area (Å²) in [4.78, 5) is 4.44. The minimum absolute atomic E-state index is 0.0253. The maximum Gasteiger partial charge on any atom is 0.217 e. The van der Waals surface area contributed by atoms with Crippen LogP contribution < -0.4 is 4.74 Å². The van der Waals surface area contributed by atoms with Gasteiger partial charge in [0.05, 0.1) is 23.8 Å². The Morgan fingerprint density at radius 3 is 2.73 bits per heavy atom. The van der Waals surface area contributed by atoms with Gasteiger partial charge in [0.1, 0.15) is 18.2 Å². The van der Waals surface area contributed by atoms with E-state index >= 15 is 0 Å². The lowest BCUT2D eigenvalue weighted by molar-refractivity contribution is 0.280. The van der Waals surface area contributed by atoms with Crippen LogP contribution in [0.5, 0.6) is 5.75 Å². The van der Waals surface area contributed by atoms with Crippen molar-refractivity contribution in [1.82, 2.24) is 14.8 Å². The summed E-state index contributed by atoms with van der Waals surface area (Å²) < 4.78 is 49.2. The zero-order valence-corrected chi connectivity index (χ0v) is 14.5. The second kappa shape index (κ2) is 6.56. The lowest BCUT2D eigenvalue weighted by Crippen LogP contribution is -2.16. The maximum atomic E-state index is 13.0. The van der Waals surface area contributed by atoms with Crippen LogP contribution in [-0.2, 0) is 16.4 Å². The van der Waals surface area contributed by atoms with Gasteiger partial charge in [0.2, 0.25) is 5.82 Å². The lowest BCUT2D eigenvalue weighted by Gasteiger charge is -2.12. The van der Waals surface area contributed by atoms with E-state index in [-0.39, 0.29) is 30.0 Å². The Hall–Kier alpha value is -2.68. The van der Waals surface area contributed by atoms with Gasteiger partial charge >= 0.3 is 0 Å². The van der Waals surface area contributed by atoms with Crippen molar-refractivity contribution in [3.63, 3.8) is 0 Å². The molecule has 136 valence electrons. The van der Waals surface area contributed by atoms with Crippen molar-refractivity contribution in [3.05, 3.63) is 54.3 Å². The fourth-order valence-electron chi connectivity index (χ4n) is 2.90. The molecular formula is C17H16FN3O4S. The second-order valence-corrected chi connectivity index (χ2v) is 8.30. The summed E-state index contributed by atoms with van der Waals surface area (Å²) >= 11 is 0. The van der Waals surface area contributed by atoms with Crippen molar-refractivity contribution in [1.29, 1.82) is 0 Å². The first-order valence-corrected chi connectivity index (χ1v) is 9.90. The Balaban J connectivity index is 1.62. The van der Waals surface area contributed by atoms with Crippen molar-refractivity contribution in [2.24, 2.45) is 0 Å². The van der Waals surface area contributed by atoms with Gasteiger partial charge in [-0.2, -0.15) is 0 Å². The van der Waals surface area contributed by atoms with Crippen LogP contribution in [-0.4, -0.2) is 34.7 Å². The van der Waals surface area contributed by atoms with Gasteiger partial charge in [0.15, 0.2) is 21.4 Å².